The first-order chi connectivity index (χ1) is 18.9. The number of hydrogen-bond donors (Lipinski definition) is 5. The van der Waals surface area contributed by atoms with E-state index in [0.29, 0.717) is 18.5 Å². The van der Waals surface area contributed by atoms with Crippen molar-refractivity contribution < 1.29 is 48.9 Å². The van der Waals surface area contributed by atoms with E-state index in [2.05, 4.69) is 16.0 Å². The number of ether oxygens (including phenoxy) is 5. The number of hydrogen-bond acceptors (Lipinski definition) is 11. The summed E-state index contributed by atoms with van der Waals surface area (Å²) in [4.78, 5) is 18.8. The fraction of sp³-hybridized carbons (Fsp3) is 0.593. The van der Waals surface area contributed by atoms with Gasteiger partial charge in [0.05, 0.1) is 43.3 Å². The van der Waals surface area contributed by atoms with Crippen molar-refractivity contribution in [2.75, 3.05) is 26.8 Å². The number of aliphatic hydroxyl groups is 4. The number of benzene rings is 1. The molecule has 5 aliphatic heterocycles. The molecule has 12 heteroatoms. The van der Waals surface area contributed by atoms with Gasteiger partial charge in [0.1, 0.15) is 24.4 Å². The van der Waals surface area contributed by atoms with Crippen LogP contribution >= 0.6 is 0 Å². The van der Waals surface area contributed by atoms with Crippen molar-refractivity contribution in [2.45, 2.75) is 61.7 Å². The summed E-state index contributed by atoms with van der Waals surface area (Å²) in [6, 6.07) is 8.17. The Morgan fingerprint density at radius 1 is 1.18 bits per heavy atom. The fourth-order valence-electron chi connectivity index (χ4n) is 7.18. The molecule has 1 aromatic heterocycles. The highest BCUT2D eigenvalue weighted by Gasteiger charge is 2.64. The van der Waals surface area contributed by atoms with Crippen molar-refractivity contribution >= 4 is 16.9 Å². The average Bonchev–Trinajstić information content (AvgIpc) is 3.48. The normalized spacial score (nSPS) is 41.3. The number of aliphatic hydroxyl groups excluding tert-OH is 4. The number of nitrogens with zero attached hydrogens (tertiary/aromatic N) is 1. The molecule has 0 saturated carbocycles. The van der Waals surface area contributed by atoms with Crippen LogP contribution in [0.2, 0.25) is 0 Å². The smallest absolute Gasteiger partial charge is 0.337 e. The number of nitrogens with one attached hydrogen (secondary N) is 1. The van der Waals surface area contributed by atoms with Gasteiger partial charge in [-0.3, -0.25) is 4.90 Å². The summed E-state index contributed by atoms with van der Waals surface area (Å²) in [6.45, 7) is 0.772. The van der Waals surface area contributed by atoms with E-state index in [1.807, 2.05) is 18.2 Å². The molecular weight excluding hydrogens is 512 g/mol. The van der Waals surface area contributed by atoms with Gasteiger partial charge in [-0.05, 0) is 18.1 Å². The second-order valence-electron chi connectivity index (χ2n) is 11.0. The van der Waals surface area contributed by atoms with Crippen LogP contribution in [-0.2, 0) is 40.6 Å². The Morgan fingerprint density at radius 2 is 2.00 bits per heavy atom. The maximum atomic E-state index is 12.9. The van der Waals surface area contributed by atoms with E-state index < -0.39 is 67.3 Å². The number of aromatic nitrogens is 1. The third-order valence-corrected chi connectivity index (χ3v) is 9.06. The Morgan fingerprint density at radius 3 is 2.79 bits per heavy atom. The molecule has 210 valence electrons. The van der Waals surface area contributed by atoms with Gasteiger partial charge in [0.15, 0.2) is 12.0 Å². The highest BCUT2D eigenvalue weighted by atomic mass is 16.8. The molecule has 6 heterocycles. The monoisotopic (exact) mass is 544 g/mol. The van der Waals surface area contributed by atoms with E-state index in [1.54, 1.807) is 0 Å². The number of para-hydroxylation sites is 1. The van der Waals surface area contributed by atoms with Crippen LogP contribution in [0.5, 0.6) is 0 Å². The highest BCUT2D eigenvalue weighted by molar-refractivity contribution is 5.89. The van der Waals surface area contributed by atoms with Crippen LogP contribution in [0.3, 0.4) is 0 Å². The van der Waals surface area contributed by atoms with Crippen molar-refractivity contribution in [3.63, 3.8) is 0 Å². The van der Waals surface area contributed by atoms with E-state index in [1.165, 1.54) is 18.9 Å². The van der Waals surface area contributed by atoms with Gasteiger partial charge in [0.25, 0.3) is 0 Å². The van der Waals surface area contributed by atoms with E-state index in [4.69, 9.17) is 23.7 Å². The molecule has 12 nitrogen and oxygen atoms in total. The molecule has 3 fully saturated rings. The van der Waals surface area contributed by atoms with Crippen molar-refractivity contribution in [3.8, 4) is 0 Å². The Labute approximate surface area is 223 Å². The van der Waals surface area contributed by atoms with E-state index in [-0.39, 0.29) is 5.92 Å². The molecule has 1 spiro atoms. The zero-order chi connectivity index (χ0) is 27.1. The number of aromatic amines is 1. The number of fused-ring (bicyclic) bond motifs is 6. The Kier molecular flexibility index (Phi) is 6.03. The van der Waals surface area contributed by atoms with Crippen molar-refractivity contribution in [3.05, 3.63) is 47.4 Å². The third kappa shape index (κ3) is 3.64. The zero-order valence-corrected chi connectivity index (χ0v) is 21.3. The molecule has 10 atom stereocenters. The van der Waals surface area contributed by atoms with Gasteiger partial charge in [-0.1, -0.05) is 18.2 Å². The molecule has 2 bridgehead atoms. The second-order valence-corrected chi connectivity index (χ2v) is 11.0. The molecule has 7 rings (SSSR count). The van der Waals surface area contributed by atoms with Gasteiger partial charge in [-0.25, -0.2) is 4.79 Å². The molecule has 0 unspecified atom stereocenters. The summed E-state index contributed by atoms with van der Waals surface area (Å²) in [5.74, 6) is -1.35. The van der Waals surface area contributed by atoms with Crippen molar-refractivity contribution in [1.29, 1.82) is 0 Å². The van der Waals surface area contributed by atoms with Crippen LogP contribution in [0.1, 0.15) is 17.7 Å². The first kappa shape index (κ1) is 25.4. The number of H-pyrrole nitrogens is 1. The predicted octanol–water partition coefficient (Wildman–Crippen LogP) is -0.557. The number of carbonyl (C=O) groups is 1. The quantitative estimate of drug-likeness (QED) is 0.314. The van der Waals surface area contributed by atoms with Gasteiger partial charge >= 0.3 is 5.97 Å². The summed E-state index contributed by atoms with van der Waals surface area (Å²) < 4.78 is 29.5. The van der Waals surface area contributed by atoms with E-state index in [0.717, 1.165) is 29.6 Å². The molecular formula is C27H32N2O10. The van der Waals surface area contributed by atoms with Gasteiger partial charge in [-0.2, -0.15) is 0 Å². The van der Waals surface area contributed by atoms with Gasteiger partial charge in [0.2, 0.25) is 6.29 Å². The lowest BCUT2D eigenvalue weighted by Crippen LogP contribution is -2.61. The Bertz CT molecular complexity index is 1310. The topological polar surface area (TPSA) is 163 Å². The molecule has 5 aliphatic rings. The lowest BCUT2D eigenvalue weighted by molar-refractivity contribution is -0.350. The summed E-state index contributed by atoms with van der Waals surface area (Å²) in [6.07, 6.45) is -5.98. The summed E-state index contributed by atoms with van der Waals surface area (Å²) in [7, 11) is 1.32. The Balaban J connectivity index is 1.25. The van der Waals surface area contributed by atoms with Gasteiger partial charge in [-0.15, -0.1) is 0 Å². The van der Waals surface area contributed by atoms with E-state index in [9.17, 15) is 25.2 Å². The summed E-state index contributed by atoms with van der Waals surface area (Å²) in [5.41, 5.74) is 2.85. The number of rotatable bonds is 4. The standard InChI is InChI=1S/C27H32N2O10/c1-35-24(34)15-11-36-25(38-26-22(33)21(32)20(31)18(10-30)37-26)19-14(15)8-27-23-13(6-7-29(27)9-17(19)39-27)12-4-2-3-5-16(12)28-23/h2-5,11,14,17-22,25-26,28,30-33H,6-10H2,1H3/t14-,17-,18+,19+,20+,21-,22+,25+,26-,27+/m1/s1. The van der Waals surface area contributed by atoms with Crippen molar-refractivity contribution in [1.82, 2.24) is 9.88 Å². The van der Waals surface area contributed by atoms with E-state index >= 15 is 0 Å². The van der Waals surface area contributed by atoms with Crippen LogP contribution < -0.4 is 0 Å². The van der Waals surface area contributed by atoms with Crippen molar-refractivity contribution in [2.24, 2.45) is 11.8 Å². The average molecular weight is 545 g/mol. The summed E-state index contributed by atoms with van der Waals surface area (Å²) in [5, 5.41) is 41.7. The first-order valence-corrected chi connectivity index (χ1v) is 13.3. The number of esters is 1. The Hall–Kier alpha value is -2.55. The lowest BCUT2D eigenvalue weighted by atomic mass is 9.73. The minimum Gasteiger partial charge on any atom is -0.471 e. The number of methoxy groups -OCH3 is 1. The SMILES string of the molecule is COC(=O)C1=CO[C@@H](O[C@H]2O[C@@H](CO)[C@H](O)[C@@H](O)[C@@H]2O)[C@H]2[C@@H]1C[C@@]13O[C@@H]2CN1CCc1c3[nH]c2ccccc12. The largest absolute Gasteiger partial charge is 0.471 e. The lowest BCUT2D eigenvalue weighted by Gasteiger charge is -2.50. The molecule has 1 aromatic carbocycles. The summed E-state index contributed by atoms with van der Waals surface area (Å²) >= 11 is 0. The molecule has 3 saturated heterocycles. The third-order valence-electron chi connectivity index (χ3n) is 9.06. The first-order valence-electron chi connectivity index (χ1n) is 13.3. The van der Waals surface area contributed by atoms with Gasteiger partial charge in [0, 0.05) is 36.3 Å². The maximum Gasteiger partial charge on any atom is 0.337 e. The molecule has 39 heavy (non-hydrogen) atoms. The fourth-order valence-corrected chi connectivity index (χ4v) is 7.18. The van der Waals surface area contributed by atoms with Gasteiger partial charge < -0.3 is 49.1 Å². The van der Waals surface area contributed by atoms with Crippen LogP contribution in [0, 0.1) is 11.8 Å². The van der Waals surface area contributed by atoms with Crippen LogP contribution in [0.25, 0.3) is 10.9 Å². The van der Waals surface area contributed by atoms with Crippen LogP contribution in [0.4, 0.5) is 0 Å². The zero-order valence-electron chi connectivity index (χ0n) is 21.3. The number of carbonyl (C=O) groups excluding carboxylic acids is 1. The maximum absolute atomic E-state index is 12.9. The minimum absolute atomic E-state index is 0.369. The predicted molar refractivity (Wildman–Crippen MR) is 132 cm³/mol. The molecule has 5 N–H and O–H groups in total. The molecule has 2 aromatic rings. The second kappa shape index (κ2) is 9.25. The molecule has 0 aliphatic carbocycles. The minimum atomic E-state index is -1.59. The van der Waals surface area contributed by atoms with Crippen LogP contribution in [0.15, 0.2) is 36.1 Å². The highest BCUT2D eigenvalue weighted by Crippen LogP contribution is 2.57. The molecule has 0 amide bonds. The van der Waals surface area contributed by atoms with Crippen LogP contribution in [-0.4, -0.2) is 106 Å². The molecule has 0 radical (unpaired) electrons.